The van der Waals surface area contributed by atoms with Crippen LogP contribution in [-0.2, 0) is 72.9 Å². The van der Waals surface area contributed by atoms with E-state index in [1.807, 2.05) is 55.4 Å². The molecule has 458 valence electrons. The van der Waals surface area contributed by atoms with E-state index < -0.39 is 0 Å². The van der Waals surface area contributed by atoms with Crippen molar-refractivity contribution in [2.75, 3.05) is 78.8 Å². The summed E-state index contributed by atoms with van der Waals surface area (Å²) in [5.41, 5.74) is 10.8. The molecule has 0 heterocycles. The first kappa shape index (κ1) is 67.7. The molecule has 0 saturated heterocycles. The van der Waals surface area contributed by atoms with Gasteiger partial charge in [-0.15, -0.1) is 0 Å². The summed E-state index contributed by atoms with van der Waals surface area (Å²) in [6, 6.07) is 18.0. The number of amides is 4. The number of ether oxygens (including phenoxy) is 4. The largest absolute Gasteiger partial charge is 0.483 e. The summed E-state index contributed by atoms with van der Waals surface area (Å²) in [5, 5.41) is 0. The summed E-state index contributed by atoms with van der Waals surface area (Å²) < 4.78 is 27.9. The van der Waals surface area contributed by atoms with Crippen molar-refractivity contribution in [3.63, 3.8) is 0 Å². The van der Waals surface area contributed by atoms with Crippen LogP contribution in [0, 0.1) is 0 Å². The second kappa shape index (κ2) is 29.2. The fourth-order valence-corrected chi connectivity index (χ4v) is 11.1. The quantitative estimate of drug-likeness (QED) is 0.0859. The van der Waals surface area contributed by atoms with E-state index in [0.29, 0.717) is 120 Å². The Morgan fingerprint density at radius 1 is 0.325 bits per heavy atom. The van der Waals surface area contributed by atoms with Crippen molar-refractivity contribution in [2.24, 2.45) is 0 Å². The van der Waals surface area contributed by atoms with Crippen LogP contribution >= 0.6 is 0 Å². The lowest BCUT2D eigenvalue weighted by atomic mass is 9.80. The van der Waals surface area contributed by atoms with Crippen LogP contribution < -0.4 is 18.9 Å². The van der Waals surface area contributed by atoms with Crippen molar-refractivity contribution in [3.05, 3.63) is 104 Å². The van der Waals surface area contributed by atoms with Gasteiger partial charge in [-0.25, -0.2) is 0 Å². The Morgan fingerprint density at radius 2 is 0.530 bits per heavy atom. The zero-order valence-electron chi connectivity index (χ0n) is 55.1. The number of hydrogen-bond donors (Lipinski definition) is 0. The van der Waals surface area contributed by atoms with Crippen molar-refractivity contribution in [2.45, 2.75) is 205 Å². The fraction of sp³-hybridized carbons (Fsp3) is 0.606. The third-order valence-corrected chi connectivity index (χ3v) is 16.6. The minimum absolute atomic E-state index is 0.0834. The lowest BCUT2D eigenvalue weighted by Gasteiger charge is -2.28. The van der Waals surface area contributed by atoms with Crippen LogP contribution in [0.2, 0.25) is 0 Å². The third kappa shape index (κ3) is 17.5. The van der Waals surface area contributed by atoms with E-state index in [4.69, 9.17) is 18.9 Å². The second-order valence-electron chi connectivity index (χ2n) is 26.6. The molecule has 0 N–H and O–H groups in total. The topological polar surface area (TPSA) is 118 Å². The van der Waals surface area contributed by atoms with Gasteiger partial charge in [-0.2, -0.15) is 0 Å². The molecule has 4 aromatic carbocycles. The highest BCUT2D eigenvalue weighted by atomic mass is 16.5. The van der Waals surface area contributed by atoms with Crippen molar-refractivity contribution < 1.29 is 38.1 Å². The summed E-state index contributed by atoms with van der Waals surface area (Å²) in [4.78, 5) is 63.3. The summed E-state index contributed by atoms with van der Waals surface area (Å²) in [6.45, 7) is 46.6. The van der Waals surface area contributed by atoms with Crippen LogP contribution in [0.5, 0.6) is 23.0 Å². The number of nitrogens with zero attached hydrogens (tertiary/aromatic N) is 4. The average Bonchev–Trinajstić information content (AvgIpc) is 2.33. The number of benzene rings is 4. The Morgan fingerprint density at radius 3 is 0.759 bits per heavy atom. The summed E-state index contributed by atoms with van der Waals surface area (Å²) in [7, 11) is 0. The molecule has 83 heavy (non-hydrogen) atoms. The molecule has 0 aliphatic heterocycles. The van der Waals surface area contributed by atoms with E-state index in [2.05, 4.69) is 132 Å². The average molecular weight is 1140 g/mol. The maximum absolute atomic E-state index is 14.1. The van der Waals surface area contributed by atoms with E-state index in [1.54, 1.807) is 19.6 Å². The van der Waals surface area contributed by atoms with Gasteiger partial charge in [0.1, 0.15) is 23.0 Å². The first-order valence-electron chi connectivity index (χ1n) is 31.3. The van der Waals surface area contributed by atoms with Crippen molar-refractivity contribution in [1.82, 2.24) is 19.6 Å². The molecule has 5 rings (SSSR count). The van der Waals surface area contributed by atoms with Gasteiger partial charge in [-0.05, 0) is 183 Å². The number of carbonyl (C=O) groups excluding carboxylic acids is 4. The number of fused-ring (bicyclic) bond motifs is 9. The molecule has 8 bridgehead atoms. The predicted molar refractivity (Wildman–Crippen MR) is 340 cm³/mol. The molecule has 0 atom stereocenters. The van der Waals surface area contributed by atoms with Crippen molar-refractivity contribution in [1.29, 1.82) is 0 Å². The summed E-state index contributed by atoms with van der Waals surface area (Å²) in [6.07, 6.45) is 4.11. The highest BCUT2D eigenvalue weighted by Crippen LogP contribution is 2.47. The van der Waals surface area contributed by atoms with Crippen LogP contribution in [0.1, 0.15) is 207 Å². The highest BCUT2D eigenvalue weighted by molar-refractivity contribution is 5.84. The van der Waals surface area contributed by atoms with E-state index in [0.717, 1.165) is 66.8 Å². The first-order chi connectivity index (χ1) is 39.0. The van der Waals surface area contributed by atoms with Crippen LogP contribution in [0.25, 0.3) is 11.1 Å². The van der Waals surface area contributed by atoms with Crippen molar-refractivity contribution in [3.8, 4) is 34.1 Å². The zero-order valence-corrected chi connectivity index (χ0v) is 55.1. The van der Waals surface area contributed by atoms with Gasteiger partial charge in [0.2, 0.25) is 0 Å². The Balaban J connectivity index is 1.98. The Kier molecular flexibility index (Phi) is 23.8. The molecule has 4 amide bonds. The molecular weight excluding hydrogens is 1040 g/mol. The standard InChI is InChI=1S/C71H106N4O8/c1-21-72(22-2)60(76)44-80-64-48-31-29-33-50-38-56(70(15,16)17)42-58(66(50)82-46-62(78)74(25-5)26-6)59-43-57(71(18,19)20)39-51(67(59)83-47-63(79)75(27-7)28-8)34-30-32-49-37-55(69(12,13)14)41-53(35-52(64)40-54(36-48)68(9,10)11)65(49)81-45-61(77)73(23-3)24-4/h36-43H,21-35,44-47H2,1-20H3. The normalized spacial score (nSPS) is 13.3. The number of likely N-dealkylation sites (N-methyl/N-ethyl adjacent to an activating group) is 4. The van der Waals surface area contributed by atoms with Crippen LogP contribution in [0.3, 0.4) is 0 Å². The van der Waals surface area contributed by atoms with E-state index in [-0.39, 0.29) is 71.7 Å². The maximum atomic E-state index is 14.1. The Hall–Kier alpha value is -6.04. The lowest BCUT2D eigenvalue weighted by Crippen LogP contribution is -2.34. The maximum Gasteiger partial charge on any atom is 0.260 e. The van der Waals surface area contributed by atoms with Gasteiger partial charge in [0, 0.05) is 69.9 Å². The van der Waals surface area contributed by atoms with Gasteiger partial charge in [-0.3, -0.25) is 19.2 Å². The van der Waals surface area contributed by atoms with E-state index in [1.165, 1.54) is 0 Å². The Labute approximate surface area is 501 Å². The highest BCUT2D eigenvalue weighted by Gasteiger charge is 2.31. The smallest absolute Gasteiger partial charge is 0.260 e. The Bertz CT molecular complexity index is 2670. The molecule has 0 saturated carbocycles. The molecule has 12 heteroatoms. The molecule has 1 aliphatic carbocycles. The number of rotatable bonds is 20. The lowest BCUT2D eigenvalue weighted by molar-refractivity contribution is -0.133. The molecule has 0 aromatic heterocycles. The number of carbonyl (C=O) groups is 4. The van der Waals surface area contributed by atoms with Crippen LogP contribution in [-0.4, -0.2) is 122 Å². The minimum Gasteiger partial charge on any atom is -0.483 e. The molecule has 1 aliphatic rings. The first-order valence-corrected chi connectivity index (χ1v) is 31.3. The van der Waals surface area contributed by atoms with Gasteiger partial charge < -0.3 is 38.5 Å². The number of aryl methyl sites for hydroxylation is 4. The van der Waals surface area contributed by atoms with E-state index >= 15 is 0 Å². The monoisotopic (exact) mass is 1140 g/mol. The van der Waals surface area contributed by atoms with Gasteiger partial charge in [0.15, 0.2) is 26.4 Å². The van der Waals surface area contributed by atoms with Crippen LogP contribution in [0.15, 0.2) is 48.5 Å². The minimum atomic E-state index is -0.303. The van der Waals surface area contributed by atoms with E-state index in [9.17, 15) is 19.2 Å². The predicted octanol–water partition coefficient (Wildman–Crippen LogP) is 13.8. The third-order valence-electron chi connectivity index (χ3n) is 16.6. The van der Waals surface area contributed by atoms with Crippen molar-refractivity contribution >= 4 is 23.6 Å². The molecular formula is C71H106N4O8. The van der Waals surface area contributed by atoms with Gasteiger partial charge >= 0.3 is 0 Å². The molecule has 0 spiro atoms. The molecule has 0 unspecified atom stereocenters. The van der Waals surface area contributed by atoms with Gasteiger partial charge in [0.25, 0.3) is 23.6 Å². The second-order valence-corrected chi connectivity index (χ2v) is 26.6. The molecule has 12 nitrogen and oxygen atoms in total. The number of hydrogen-bond acceptors (Lipinski definition) is 8. The summed E-state index contributed by atoms with van der Waals surface area (Å²) in [5.74, 6) is 2.22. The fourth-order valence-electron chi connectivity index (χ4n) is 11.1. The van der Waals surface area contributed by atoms with Gasteiger partial charge in [0.05, 0.1) is 0 Å². The molecule has 4 aromatic rings. The molecule has 0 fully saturated rings. The SMILES string of the molecule is CCN(CC)C(=O)COc1c2cc(C(C)(C)C)cc1Cc1cc(C(C)(C)C)cc(c1OCC(=O)N(CC)CC)CCCc1cc(C(C)(C)C)cc(c1OCC(=O)N(CC)CC)-c1cc(C(C)(C)C)cc(c1OCC(=O)N(CC)CC)CCC2. The van der Waals surface area contributed by atoms with Gasteiger partial charge in [-0.1, -0.05) is 119 Å². The molecule has 0 radical (unpaired) electrons. The summed E-state index contributed by atoms with van der Waals surface area (Å²) >= 11 is 0. The zero-order chi connectivity index (χ0) is 61.8. The van der Waals surface area contributed by atoms with Crippen LogP contribution in [0.4, 0.5) is 0 Å².